The highest BCUT2D eigenvalue weighted by atomic mass is 32.5. The van der Waals surface area contributed by atoms with Crippen LogP contribution in [0.5, 0.6) is 0 Å². The highest BCUT2D eigenvalue weighted by Crippen LogP contribution is 3.02. The molecule has 0 spiro atoms. The maximum absolute atomic E-state index is 12.9. The molecule has 0 saturated heterocycles. The minimum Gasteiger partial charge on any atom is -0.342 e. The summed E-state index contributed by atoms with van der Waals surface area (Å²) >= 11 is 0. The molecular weight excluding hydrogens is 441 g/mol. The Balaban J connectivity index is 1.88. The van der Waals surface area contributed by atoms with Crippen LogP contribution in [-0.2, 0) is 5.54 Å². The minimum absolute atomic E-state index is 0.152. The molecule has 0 atom stereocenters. The van der Waals surface area contributed by atoms with E-state index >= 15 is 0 Å². The van der Waals surface area contributed by atoms with Crippen LogP contribution in [-0.4, -0.2) is 15.9 Å². The van der Waals surface area contributed by atoms with Crippen LogP contribution >= 0.6 is 10.2 Å². The predicted octanol–water partition coefficient (Wildman–Crippen LogP) is 5.76. The third-order valence-electron chi connectivity index (χ3n) is 4.47. The number of carbonyl (C=O) groups is 1. The van der Waals surface area contributed by atoms with Crippen molar-refractivity contribution in [3.63, 3.8) is 0 Å². The highest BCUT2D eigenvalue weighted by molar-refractivity contribution is 8.45. The fraction of sp³-hybridized carbons (Fsp3) is 0.150. The van der Waals surface area contributed by atoms with Gasteiger partial charge in [-0.2, -0.15) is 0 Å². The van der Waals surface area contributed by atoms with E-state index in [0.29, 0.717) is 5.56 Å². The van der Waals surface area contributed by atoms with E-state index in [1.54, 1.807) is 30.3 Å². The van der Waals surface area contributed by atoms with Crippen LogP contribution in [0.1, 0.15) is 29.9 Å². The molecule has 0 fully saturated rings. The molecule has 0 bridgehead atoms. The molecule has 1 amide bonds. The molecule has 0 radical (unpaired) electrons. The number of aromatic nitrogens is 2. The summed E-state index contributed by atoms with van der Waals surface area (Å²) in [5, 5.41) is 2.56. The first-order chi connectivity index (χ1) is 14.0. The summed E-state index contributed by atoms with van der Waals surface area (Å²) in [6, 6.07) is 11.9. The number of rotatable bonds is 5. The van der Waals surface area contributed by atoms with Crippen molar-refractivity contribution < 1.29 is 24.2 Å². The van der Waals surface area contributed by atoms with Crippen molar-refractivity contribution in [1.82, 2.24) is 15.3 Å². The number of H-pyrrole nitrogens is 1. The number of aromatic amines is 1. The molecule has 2 aromatic carbocycles. The Labute approximate surface area is 174 Å². The van der Waals surface area contributed by atoms with E-state index in [1.165, 1.54) is 13.8 Å². The van der Waals surface area contributed by atoms with Crippen LogP contribution in [0.4, 0.5) is 19.4 Å². The lowest BCUT2D eigenvalue weighted by Crippen LogP contribution is -2.41. The Morgan fingerprint density at radius 2 is 1.55 bits per heavy atom. The summed E-state index contributed by atoms with van der Waals surface area (Å²) in [5.74, 6) is -0.596. The third kappa shape index (κ3) is 5.29. The van der Waals surface area contributed by atoms with Crippen LogP contribution in [0, 0.1) is 0 Å². The van der Waals surface area contributed by atoms with Crippen molar-refractivity contribution in [2.24, 2.45) is 0 Å². The van der Waals surface area contributed by atoms with Crippen LogP contribution in [0.3, 0.4) is 0 Å². The molecule has 166 valence electrons. The maximum Gasteiger partial charge on any atom is 0.310 e. The number of nitrogens with zero attached hydrogens (tertiary/aromatic N) is 1. The van der Waals surface area contributed by atoms with Gasteiger partial charge in [-0.1, -0.05) is 61.9 Å². The van der Waals surface area contributed by atoms with Crippen LogP contribution in [0.2, 0.25) is 0 Å². The summed E-state index contributed by atoms with van der Waals surface area (Å²) in [4.78, 5) is 29.3. The largest absolute Gasteiger partial charge is 0.342 e. The van der Waals surface area contributed by atoms with E-state index in [2.05, 4.69) is 15.3 Å². The zero-order valence-electron chi connectivity index (χ0n) is 16.3. The Morgan fingerprint density at radius 3 is 2.10 bits per heavy atom. The molecule has 31 heavy (non-hydrogen) atoms. The monoisotopic (exact) mass is 459 g/mol. The van der Waals surface area contributed by atoms with E-state index in [9.17, 15) is 29.0 Å². The summed E-state index contributed by atoms with van der Waals surface area (Å²) < 4.78 is 64.6. The lowest BCUT2D eigenvalue weighted by molar-refractivity contribution is 0.0906. The fourth-order valence-electron chi connectivity index (χ4n) is 2.86. The van der Waals surface area contributed by atoms with Gasteiger partial charge in [-0.3, -0.25) is 9.59 Å². The molecule has 3 aromatic rings. The third-order valence-corrected chi connectivity index (χ3v) is 5.63. The number of amides is 1. The second-order valence-corrected chi connectivity index (χ2v) is 9.83. The standard InChI is InChI=1S/C20H18F5N3O2S/c1-20(2,14-8-10-15(11-9-14)31(21,22,23,24)25)28-19(30)16-12-17(29)27-18(26-16)13-6-4-3-5-7-13/h3-12H,1-2H3,(H,28,30)(H,26,27,29). The first kappa shape index (κ1) is 22.5. The number of carbonyl (C=O) groups excluding carboxylic acids is 1. The molecule has 1 heterocycles. The van der Waals surface area contributed by atoms with Crippen LogP contribution < -0.4 is 10.9 Å². The molecule has 11 heteroatoms. The van der Waals surface area contributed by atoms with Crippen molar-refractivity contribution in [2.45, 2.75) is 24.3 Å². The molecule has 0 aliphatic rings. The molecule has 0 unspecified atom stereocenters. The van der Waals surface area contributed by atoms with Gasteiger partial charge in [0, 0.05) is 11.6 Å². The minimum atomic E-state index is -9.79. The van der Waals surface area contributed by atoms with Gasteiger partial charge in [-0.05, 0) is 31.5 Å². The van der Waals surface area contributed by atoms with Gasteiger partial charge in [0.05, 0.1) is 5.54 Å². The maximum atomic E-state index is 12.9. The first-order valence-electron chi connectivity index (χ1n) is 8.89. The number of hydrogen-bond donors (Lipinski definition) is 2. The highest BCUT2D eigenvalue weighted by Gasteiger charge is 2.65. The van der Waals surface area contributed by atoms with Gasteiger partial charge < -0.3 is 10.3 Å². The smallest absolute Gasteiger partial charge is 0.310 e. The summed E-state index contributed by atoms with van der Waals surface area (Å²) in [5.41, 5.74) is -1.30. The average Bonchev–Trinajstić information content (AvgIpc) is 2.66. The molecule has 0 aliphatic carbocycles. The molecule has 0 saturated carbocycles. The van der Waals surface area contributed by atoms with E-state index in [0.717, 1.165) is 18.2 Å². The van der Waals surface area contributed by atoms with Gasteiger partial charge in [0.15, 0.2) is 0 Å². The van der Waals surface area contributed by atoms with Gasteiger partial charge in [-0.15, -0.1) is 0 Å². The van der Waals surface area contributed by atoms with E-state index in [1.807, 2.05) is 0 Å². The van der Waals surface area contributed by atoms with Crippen LogP contribution in [0.25, 0.3) is 11.4 Å². The van der Waals surface area contributed by atoms with Crippen LogP contribution in [0.15, 0.2) is 70.4 Å². The van der Waals surface area contributed by atoms with Crippen molar-refractivity contribution in [3.05, 3.63) is 82.3 Å². The molecule has 3 rings (SSSR count). The Kier molecular flexibility index (Phi) is 4.82. The molecule has 0 aliphatic heterocycles. The molecule has 1 aromatic heterocycles. The van der Waals surface area contributed by atoms with Gasteiger partial charge >= 0.3 is 10.2 Å². The summed E-state index contributed by atoms with van der Waals surface area (Å²) in [6.07, 6.45) is 0. The molecule has 5 nitrogen and oxygen atoms in total. The normalized spacial score (nSPS) is 14.4. The molecule has 2 N–H and O–H groups in total. The van der Waals surface area contributed by atoms with E-state index in [4.69, 9.17) is 0 Å². The lowest BCUT2D eigenvalue weighted by atomic mass is 9.94. The van der Waals surface area contributed by atoms with Crippen molar-refractivity contribution in [1.29, 1.82) is 0 Å². The number of nitrogens with one attached hydrogen (secondary N) is 2. The van der Waals surface area contributed by atoms with Gasteiger partial charge in [0.2, 0.25) is 0 Å². The second kappa shape index (κ2) is 6.64. The number of hydrogen-bond acceptors (Lipinski definition) is 3. The van der Waals surface area contributed by atoms with Crippen molar-refractivity contribution >= 4 is 16.1 Å². The Morgan fingerprint density at radius 1 is 0.968 bits per heavy atom. The van der Waals surface area contributed by atoms with E-state index < -0.39 is 32.1 Å². The number of benzene rings is 2. The topological polar surface area (TPSA) is 74.8 Å². The summed E-state index contributed by atoms with van der Waals surface area (Å²) in [6.45, 7) is 2.95. The first-order valence-corrected chi connectivity index (χ1v) is 10.8. The summed E-state index contributed by atoms with van der Waals surface area (Å²) in [7, 11) is -9.79. The SMILES string of the molecule is CC(C)(NC(=O)c1cc(=O)[nH]c(-c2ccccc2)n1)c1ccc(S(F)(F)(F)(F)F)cc1. The van der Waals surface area contributed by atoms with Gasteiger partial charge in [0.1, 0.15) is 16.4 Å². The quantitative estimate of drug-likeness (QED) is 0.477. The Hall–Kier alpha value is -3.21. The number of halogens is 5. The zero-order valence-corrected chi connectivity index (χ0v) is 17.2. The predicted molar refractivity (Wildman–Crippen MR) is 109 cm³/mol. The second-order valence-electron chi connectivity index (χ2n) is 7.42. The van der Waals surface area contributed by atoms with E-state index in [-0.39, 0.29) is 29.2 Å². The fourth-order valence-corrected chi connectivity index (χ4v) is 3.51. The Bertz CT molecular complexity index is 1190. The zero-order chi connectivity index (χ0) is 23.1. The van der Waals surface area contributed by atoms with Crippen molar-refractivity contribution in [3.8, 4) is 11.4 Å². The molecular formula is C20H18F5N3O2S. The lowest BCUT2D eigenvalue weighted by Gasteiger charge is -2.40. The van der Waals surface area contributed by atoms with Crippen molar-refractivity contribution in [2.75, 3.05) is 0 Å². The van der Waals surface area contributed by atoms with Gasteiger partial charge in [0.25, 0.3) is 11.5 Å². The van der Waals surface area contributed by atoms with Gasteiger partial charge in [-0.25, -0.2) is 4.98 Å². The average molecular weight is 459 g/mol.